The molecule has 0 aliphatic heterocycles. The van der Waals surface area contributed by atoms with Crippen molar-refractivity contribution < 1.29 is 14.3 Å². The van der Waals surface area contributed by atoms with Gasteiger partial charge in [-0.3, -0.25) is 4.79 Å². The number of hydrogen-bond acceptors (Lipinski definition) is 4. The van der Waals surface area contributed by atoms with E-state index in [9.17, 15) is 9.59 Å². The molecule has 1 saturated carbocycles. The smallest absolute Gasteiger partial charge is 0.341 e. The Bertz CT molecular complexity index is 589. The van der Waals surface area contributed by atoms with Crippen LogP contribution < -0.4 is 5.32 Å². The minimum atomic E-state index is -0.293. The molecule has 1 aromatic heterocycles. The number of ether oxygens (including phenoxy) is 1. The van der Waals surface area contributed by atoms with Crippen molar-refractivity contribution in [1.29, 1.82) is 0 Å². The molecule has 3 rings (SSSR count). The highest BCUT2D eigenvalue weighted by Crippen LogP contribution is 2.40. The quantitative estimate of drug-likeness (QED) is 0.859. The van der Waals surface area contributed by atoms with Crippen molar-refractivity contribution in [3.8, 4) is 0 Å². The van der Waals surface area contributed by atoms with Crippen LogP contribution in [-0.4, -0.2) is 18.5 Å². The molecule has 1 fully saturated rings. The Labute approximate surface area is 135 Å². The van der Waals surface area contributed by atoms with Crippen molar-refractivity contribution in [3.05, 3.63) is 16.0 Å². The Morgan fingerprint density at radius 3 is 2.73 bits per heavy atom. The van der Waals surface area contributed by atoms with Gasteiger partial charge < -0.3 is 10.1 Å². The number of nitrogens with one attached hydrogen (secondary N) is 1. The van der Waals surface area contributed by atoms with Crippen molar-refractivity contribution in [2.24, 2.45) is 11.8 Å². The Balaban J connectivity index is 1.89. The summed E-state index contributed by atoms with van der Waals surface area (Å²) in [6, 6.07) is 0. The second-order valence-corrected chi connectivity index (χ2v) is 7.50. The van der Waals surface area contributed by atoms with E-state index in [0.29, 0.717) is 23.1 Å². The number of carbonyl (C=O) groups is 2. The van der Waals surface area contributed by atoms with Crippen LogP contribution in [0.2, 0.25) is 0 Å². The topological polar surface area (TPSA) is 55.4 Å². The van der Waals surface area contributed by atoms with Crippen LogP contribution in [0.1, 0.15) is 60.3 Å². The summed E-state index contributed by atoms with van der Waals surface area (Å²) in [5.74, 6) is 0.520. The van der Waals surface area contributed by atoms with E-state index >= 15 is 0 Å². The van der Waals surface area contributed by atoms with Crippen LogP contribution in [0, 0.1) is 11.8 Å². The maximum atomic E-state index is 12.3. The molecule has 1 atom stereocenters. The number of thiophene rings is 1. The molecule has 0 saturated heterocycles. The summed E-state index contributed by atoms with van der Waals surface area (Å²) in [6.45, 7) is 4.40. The number of hydrogen-bond donors (Lipinski definition) is 1. The average Bonchev–Trinajstić information content (AvgIpc) is 2.73. The molecule has 0 aromatic carbocycles. The van der Waals surface area contributed by atoms with Gasteiger partial charge in [0.2, 0.25) is 5.91 Å². The van der Waals surface area contributed by atoms with E-state index in [4.69, 9.17) is 4.74 Å². The second kappa shape index (κ2) is 6.41. The molecule has 0 radical (unpaired) electrons. The molecular formula is C17H23NO3S. The molecule has 0 bridgehead atoms. The van der Waals surface area contributed by atoms with E-state index in [2.05, 4.69) is 12.2 Å². The maximum Gasteiger partial charge on any atom is 0.341 e. The summed E-state index contributed by atoms with van der Waals surface area (Å²) in [5, 5.41) is 3.71. The van der Waals surface area contributed by atoms with Gasteiger partial charge in [-0.25, -0.2) is 4.79 Å². The number of amides is 1. The molecule has 1 amide bonds. The molecule has 120 valence electrons. The lowest BCUT2D eigenvalue weighted by molar-refractivity contribution is -0.122. The van der Waals surface area contributed by atoms with E-state index in [0.717, 1.165) is 44.1 Å². The van der Waals surface area contributed by atoms with Crippen LogP contribution in [0.4, 0.5) is 5.00 Å². The van der Waals surface area contributed by atoms with Gasteiger partial charge in [0.25, 0.3) is 0 Å². The Kier molecular flexibility index (Phi) is 4.52. The number of rotatable bonds is 4. The largest absolute Gasteiger partial charge is 0.462 e. The fourth-order valence-electron chi connectivity index (χ4n) is 3.14. The van der Waals surface area contributed by atoms with Crippen molar-refractivity contribution in [1.82, 2.24) is 0 Å². The molecule has 2 aliphatic rings. The summed E-state index contributed by atoms with van der Waals surface area (Å²) in [5.41, 5.74) is 1.71. The molecule has 1 N–H and O–H groups in total. The van der Waals surface area contributed by atoms with Gasteiger partial charge >= 0.3 is 5.97 Å². The van der Waals surface area contributed by atoms with Gasteiger partial charge in [-0.15, -0.1) is 11.3 Å². The van der Waals surface area contributed by atoms with Crippen LogP contribution in [0.15, 0.2) is 0 Å². The van der Waals surface area contributed by atoms with E-state index in [-0.39, 0.29) is 17.8 Å². The molecule has 1 heterocycles. The first-order valence-electron chi connectivity index (χ1n) is 8.22. The highest BCUT2D eigenvalue weighted by molar-refractivity contribution is 7.17. The number of fused-ring (bicyclic) bond motifs is 1. The highest BCUT2D eigenvalue weighted by Gasteiger charge is 2.31. The van der Waals surface area contributed by atoms with Gasteiger partial charge in [0.05, 0.1) is 12.2 Å². The van der Waals surface area contributed by atoms with Crippen molar-refractivity contribution in [2.45, 2.75) is 52.4 Å². The van der Waals surface area contributed by atoms with Crippen LogP contribution in [0.25, 0.3) is 0 Å². The minimum Gasteiger partial charge on any atom is -0.462 e. The van der Waals surface area contributed by atoms with Gasteiger partial charge in [0.1, 0.15) is 5.00 Å². The van der Waals surface area contributed by atoms with E-state index in [1.165, 1.54) is 4.88 Å². The predicted octanol–water partition coefficient (Wildman–Crippen LogP) is 3.79. The molecule has 2 aliphatic carbocycles. The standard InChI is InChI=1S/C17H23NO3S/c1-3-21-17(20)14-12-8-7-10(2)9-13(12)22-16(14)18-15(19)11-5-4-6-11/h10-11H,3-9H2,1-2H3,(H,18,19)/t10-/m0/s1. The van der Waals surface area contributed by atoms with Gasteiger partial charge in [-0.05, 0) is 50.5 Å². The fraction of sp³-hybridized carbons (Fsp3) is 0.647. The maximum absolute atomic E-state index is 12.3. The van der Waals surface area contributed by atoms with E-state index in [1.807, 2.05) is 6.92 Å². The van der Waals surface area contributed by atoms with Crippen LogP contribution >= 0.6 is 11.3 Å². The Morgan fingerprint density at radius 2 is 2.09 bits per heavy atom. The third-order valence-electron chi connectivity index (χ3n) is 4.70. The highest BCUT2D eigenvalue weighted by atomic mass is 32.1. The van der Waals surface area contributed by atoms with Gasteiger partial charge in [0.15, 0.2) is 0 Å². The fourth-order valence-corrected chi connectivity index (χ4v) is 4.54. The van der Waals surface area contributed by atoms with Gasteiger partial charge in [-0.1, -0.05) is 13.3 Å². The molecule has 0 spiro atoms. The lowest BCUT2D eigenvalue weighted by Gasteiger charge is -2.23. The van der Waals surface area contributed by atoms with E-state index < -0.39 is 0 Å². The number of anilines is 1. The Morgan fingerprint density at radius 1 is 1.32 bits per heavy atom. The number of carbonyl (C=O) groups excluding carboxylic acids is 2. The summed E-state index contributed by atoms with van der Waals surface area (Å²) in [4.78, 5) is 25.8. The summed E-state index contributed by atoms with van der Waals surface area (Å²) in [6.07, 6.45) is 6.03. The lowest BCUT2D eigenvalue weighted by atomic mass is 9.85. The van der Waals surface area contributed by atoms with Crippen molar-refractivity contribution in [3.63, 3.8) is 0 Å². The summed E-state index contributed by atoms with van der Waals surface area (Å²) >= 11 is 1.57. The zero-order valence-electron chi connectivity index (χ0n) is 13.2. The number of esters is 1. The van der Waals surface area contributed by atoms with Crippen molar-refractivity contribution >= 4 is 28.2 Å². The molecular weight excluding hydrogens is 298 g/mol. The molecule has 1 aromatic rings. The third-order valence-corrected chi connectivity index (χ3v) is 5.87. The lowest BCUT2D eigenvalue weighted by Crippen LogP contribution is -2.28. The SMILES string of the molecule is CCOC(=O)c1c(NC(=O)C2CCC2)sc2c1CC[C@H](C)C2. The first kappa shape index (κ1) is 15.5. The van der Waals surface area contributed by atoms with Gasteiger partial charge in [0, 0.05) is 10.8 Å². The van der Waals surface area contributed by atoms with Gasteiger partial charge in [-0.2, -0.15) is 0 Å². The molecule has 22 heavy (non-hydrogen) atoms. The van der Waals surface area contributed by atoms with Crippen molar-refractivity contribution in [2.75, 3.05) is 11.9 Å². The molecule has 4 nitrogen and oxygen atoms in total. The molecule has 0 unspecified atom stereocenters. The predicted molar refractivity (Wildman–Crippen MR) is 87.4 cm³/mol. The normalized spacial score (nSPS) is 20.9. The van der Waals surface area contributed by atoms with Crippen LogP contribution in [0.3, 0.4) is 0 Å². The van der Waals surface area contributed by atoms with E-state index in [1.54, 1.807) is 11.3 Å². The zero-order valence-corrected chi connectivity index (χ0v) is 14.1. The van der Waals surface area contributed by atoms with Crippen LogP contribution in [0.5, 0.6) is 0 Å². The first-order valence-corrected chi connectivity index (χ1v) is 9.04. The monoisotopic (exact) mass is 321 g/mol. The first-order chi connectivity index (χ1) is 10.6. The summed E-state index contributed by atoms with van der Waals surface area (Å²) < 4.78 is 5.22. The summed E-state index contributed by atoms with van der Waals surface area (Å²) in [7, 11) is 0. The Hall–Kier alpha value is -1.36. The third kappa shape index (κ3) is 2.91. The second-order valence-electron chi connectivity index (χ2n) is 6.39. The van der Waals surface area contributed by atoms with Crippen LogP contribution in [-0.2, 0) is 22.4 Å². The zero-order chi connectivity index (χ0) is 15.7. The average molecular weight is 321 g/mol. The molecule has 5 heteroatoms. The minimum absolute atomic E-state index is 0.0587.